The van der Waals surface area contributed by atoms with Gasteiger partial charge in [0.05, 0.1) is 18.8 Å². The second kappa shape index (κ2) is 6.84. The molecule has 1 amide bonds. The topological polar surface area (TPSA) is 59.0 Å². The van der Waals surface area contributed by atoms with Crippen LogP contribution in [0.25, 0.3) is 0 Å². The van der Waals surface area contributed by atoms with Gasteiger partial charge < -0.3 is 19.5 Å². The van der Waals surface area contributed by atoms with E-state index in [4.69, 9.17) is 9.47 Å². The summed E-state index contributed by atoms with van der Waals surface area (Å²) >= 11 is 0. The van der Waals surface area contributed by atoms with Crippen molar-refractivity contribution in [2.24, 2.45) is 0 Å². The lowest BCUT2D eigenvalue weighted by molar-refractivity contribution is -0.0432. The Morgan fingerprint density at radius 2 is 2.04 bits per heavy atom. The highest BCUT2D eigenvalue weighted by Gasteiger charge is 2.49. The molecule has 24 heavy (non-hydrogen) atoms. The van der Waals surface area contributed by atoms with Gasteiger partial charge in [0.1, 0.15) is 0 Å². The molecule has 5 nitrogen and oxygen atoms in total. The van der Waals surface area contributed by atoms with Crippen LogP contribution in [0.4, 0.5) is 4.79 Å². The van der Waals surface area contributed by atoms with Crippen LogP contribution in [0.2, 0.25) is 0 Å². The number of rotatable bonds is 1. The van der Waals surface area contributed by atoms with Crippen LogP contribution in [0, 0.1) is 11.8 Å². The number of carbonyl (C=O) groups excluding carboxylic acids is 1. The molecule has 2 saturated heterocycles. The lowest BCUT2D eigenvalue weighted by Crippen LogP contribution is -2.47. The summed E-state index contributed by atoms with van der Waals surface area (Å²) in [5.74, 6) is 6.00. The third kappa shape index (κ3) is 3.72. The van der Waals surface area contributed by atoms with Gasteiger partial charge in [0.2, 0.25) is 0 Å². The minimum absolute atomic E-state index is 0.215. The summed E-state index contributed by atoms with van der Waals surface area (Å²) in [4.78, 5) is 13.5. The normalized spacial score (nSPS) is 25.2. The first kappa shape index (κ1) is 16.8. The third-order valence-electron chi connectivity index (χ3n) is 4.65. The summed E-state index contributed by atoms with van der Waals surface area (Å²) in [5.41, 5.74) is -0.630. The standard InChI is InChI=1S/C19H23NO4/c1-2-23-17(21)20-12-10-19(11-13-20)14-18(22,15-24-19)9-8-16-6-4-3-5-7-16/h3-7,22H,2,10-15H2,1H3. The van der Waals surface area contributed by atoms with E-state index >= 15 is 0 Å². The fraction of sp³-hybridized carbons (Fsp3) is 0.526. The molecular formula is C19H23NO4. The zero-order valence-corrected chi connectivity index (χ0v) is 14.0. The lowest BCUT2D eigenvalue weighted by atomic mass is 9.84. The smallest absolute Gasteiger partial charge is 0.409 e. The van der Waals surface area contributed by atoms with E-state index in [-0.39, 0.29) is 18.3 Å². The minimum atomic E-state index is -1.12. The largest absolute Gasteiger partial charge is 0.450 e. The highest BCUT2D eigenvalue weighted by Crippen LogP contribution is 2.40. The SMILES string of the molecule is CCOC(=O)N1CCC2(CC1)CC(O)(C#Cc1ccccc1)CO2. The number of benzene rings is 1. The van der Waals surface area contributed by atoms with Gasteiger partial charge in [0.15, 0.2) is 5.60 Å². The van der Waals surface area contributed by atoms with Crippen molar-refractivity contribution in [2.45, 2.75) is 37.4 Å². The molecule has 2 heterocycles. The number of carbonyl (C=O) groups is 1. The summed E-state index contributed by atoms with van der Waals surface area (Å²) in [6.45, 7) is 3.56. The number of likely N-dealkylation sites (tertiary alicyclic amines) is 1. The highest BCUT2D eigenvalue weighted by molar-refractivity contribution is 5.67. The number of hydrogen-bond donors (Lipinski definition) is 1. The number of aliphatic hydroxyl groups is 1. The maximum Gasteiger partial charge on any atom is 0.409 e. The summed E-state index contributed by atoms with van der Waals surface area (Å²) < 4.78 is 11.0. The summed E-state index contributed by atoms with van der Waals surface area (Å²) in [5, 5.41) is 10.7. The van der Waals surface area contributed by atoms with Crippen molar-refractivity contribution in [2.75, 3.05) is 26.3 Å². The van der Waals surface area contributed by atoms with Gasteiger partial charge in [-0.3, -0.25) is 0 Å². The van der Waals surface area contributed by atoms with Gasteiger partial charge in [0, 0.05) is 25.1 Å². The van der Waals surface area contributed by atoms with Crippen molar-refractivity contribution in [3.8, 4) is 11.8 Å². The fourth-order valence-corrected chi connectivity index (χ4v) is 3.33. The van der Waals surface area contributed by atoms with Crippen molar-refractivity contribution < 1.29 is 19.4 Å². The summed E-state index contributed by atoms with van der Waals surface area (Å²) in [6.07, 6.45) is 1.60. The average Bonchev–Trinajstić information content (AvgIpc) is 2.92. The van der Waals surface area contributed by atoms with E-state index in [1.807, 2.05) is 30.3 Å². The van der Waals surface area contributed by atoms with Crippen molar-refractivity contribution in [1.82, 2.24) is 4.90 Å². The predicted molar refractivity (Wildman–Crippen MR) is 89.4 cm³/mol. The summed E-state index contributed by atoms with van der Waals surface area (Å²) in [7, 11) is 0. The number of piperidine rings is 1. The van der Waals surface area contributed by atoms with E-state index in [0.717, 1.165) is 5.56 Å². The van der Waals surface area contributed by atoms with Crippen LogP contribution < -0.4 is 0 Å². The zero-order chi connectivity index (χ0) is 17.0. The van der Waals surface area contributed by atoms with E-state index in [2.05, 4.69) is 11.8 Å². The molecular weight excluding hydrogens is 306 g/mol. The molecule has 128 valence electrons. The first-order valence-electron chi connectivity index (χ1n) is 8.40. The maximum absolute atomic E-state index is 11.8. The molecule has 2 aliphatic rings. The quantitative estimate of drug-likeness (QED) is 0.802. The Labute approximate surface area is 142 Å². The highest BCUT2D eigenvalue weighted by atomic mass is 16.6. The fourth-order valence-electron chi connectivity index (χ4n) is 3.33. The Hall–Kier alpha value is -2.03. The zero-order valence-electron chi connectivity index (χ0n) is 14.0. The van der Waals surface area contributed by atoms with Crippen molar-refractivity contribution in [1.29, 1.82) is 0 Å². The van der Waals surface area contributed by atoms with Crippen LogP contribution in [0.3, 0.4) is 0 Å². The molecule has 3 rings (SSSR count). The van der Waals surface area contributed by atoms with Crippen LogP contribution in [0.1, 0.15) is 31.7 Å². The number of hydrogen-bond acceptors (Lipinski definition) is 4. The van der Waals surface area contributed by atoms with Gasteiger partial charge >= 0.3 is 6.09 Å². The Morgan fingerprint density at radius 3 is 2.71 bits per heavy atom. The first-order chi connectivity index (χ1) is 11.5. The Morgan fingerprint density at radius 1 is 1.33 bits per heavy atom. The molecule has 1 spiro atoms. The summed E-state index contributed by atoms with van der Waals surface area (Å²) in [6, 6.07) is 9.61. The second-order valence-electron chi connectivity index (χ2n) is 6.48. The molecule has 1 unspecified atom stereocenters. The van der Waals surface area contributed by atoms with Crippen LogP contribution in [0.15, 0.2) is 30.3 Å². The lowest BCUT2D eigenvalue weighted by Gasteiger charge is -2.38. The molecule has 5 heteroatoms. The molecule has 0 saturated carbocycles. The number of amides is 1. The van der Waals surface area contributed by atoms with Gasteiger partial charge in [-0.25, -0.2) is 4.79 Å². The van der Waals surface area contributed by atoms with Crippen LogP contribution in [-0.4, -0.2) is 53.6 Å². The van der Waals surface area contributed by atoms with Crippen LogP contribution in [-0.2, 0) is 9.47 Å². The van der Waals surface area contributed by atoms with E-state index in [1.165, 1.54) is 0 Å². The molecule has 2 aliphatic heterocycles. The number of nitrogens with zero attached hydrogens (tertiary/aromatic N) is 1. The predicted octanol–water partition coefficient (Wildman–Crippen LogP) is 2.18. The minimum Gasteiger partial charge on any atom is -0.450 e. The van der Waals surface area contributed by atoms with Gasteiger partial charge in [0.25, 0.3) is 0 Å². The molecule has 0 aromatic heterocycles. The molecule has 1 aromatic carbocycles. The number of ether oxygens (including phenoxy) is 2. The first-order valence-corrected chi connectivity index (χ1v) is 8.40. The Kier molecular flexibility index (Phi) is 4.79. The Balaban J connectivity index is 1.61. The maximum atomic E-state index is 11.8. The van der Waals surface area contributed by atoms with Crippen LogP contribution >= 0.6 is 0 Å². The van der Waals surface area contributed by atoms with Crippen LogP contribution in [0.5, 0.6) is 0 Å². The van der Waals surface area contributed by atoms with E-state index in [0.29, 0.717) is 39.0 Å². The van der Waals surface area contributed by atoms with Gasteiger partial charge in [-0.05, 0) is 31.9 Å². The monoisotopic (exact) mass is 329 g/mol. The molecule has 0 aliphatic carbocycles. The molecule has 1 atom stereocenters. The van der Waals surface area contributed by atoms with Crippen molar-refractivity contribution >= 4 is 6.09 Å². The van der Waals surface area contributed by atoms with E-state index in [1.54, 1.807) is 11.8 Å². The second-order valence-corrected chi connectivity index (χ2v) is 6.48. The van der Waals surface area contributed by atoms with Gasteiger partial charge in [-0.1, -0.05) is 30.0 Å². The van der Waals surface area contributed by atoms with Gasteiger partial charge in [-0.15, -0.1) is 0 Å². The van der Waals surface area contributed by atoms with Gasteiger partial charge in [-0.2, -0.15) is 0 Å². The van der Waals surface area contributed by atoms with Crippen molar-refractivity contribution in [3.05, 3.63) is 35.9 Å². The molecule has 0 bridgehead atoms. The molecule has 1 N–H and O–H groups in total. The third-order valence-corrected chi connectivity index (χ3v) is 4.65. The Bertz CT molecular complexity index is 640. The average molecular weight is 329 g/mol. The molecule has 0 radical (unpaired) electrons. The van der Waals surface area contributed by atoms with Crippen molar-refractivity contribution in [3.63, 3.8) is 0 Å². The van der Waals surface area contributed by atoms with E-state index < -0.39 is 5.60 Å². The molecule has 1 aromatic rings. The van der Waals surface area contributed by atoms with E-state index in [9.17, 15) is 9.90 Å². The molecule has 2 fully saturated rings.